The Balaban J connectivity index is 1.54. The summed E-state index contributed by atoms with van der Waals surface area (Å²) in [6.07, 6.45) is 1.52. The van der Waals surface area contributed by atoms with Gasteiger partial charge in [0.25, 0.3) is 17.5 Å². The number of carbonyl (C=O) groups is 2. The van der Waals surface area contributed by atoms with Crippen LogP contribution in [0.25, 0.3) is 6.08 Å². The summed E-state index contributed by atoms with van der Waals surface area (Å²) in [5.41, 5.74) is 2.20. The van der Waals surface area contributed by atoms with Gasteiger partial charge in [-0.25, -0.2) is 0 Å². The summed E-state index contributed by atoms with van der Waals surface area (Å²) in [5.74, 6) is -1.06. The van der Waals surface area contributed by atoms with Gasteiger partial charge in [0.05, 0.1) is 27.9 Å². The molecule has 1 N–H and O–H groups in total. The summed E-state index contributed by atoms with van der Waals surface area (Å²) >= 11 is 12.1. The number of amides is 2. The lowest BCUT2D eigenvalue weighted by Gasteiger charge is -2.15. The van der Waals surface area contributed by atoms with E-state index in [0.29, 0.717) is 10.6 Å². The van der Waals surface area contributed by atoms with E-state index in [1.165, 1.54) is 37.5 Å². The highest BCUT2D eigenvalue weighted by atomic mass is 35.5. The molecule has 0 spiro atoms. The Morgan fingerprint density at radius 1 is 1.03 bits per heavy atom. The van der Waals surface area contributed by atoms with Crippen LogP contribution in [0.2, 0.25) is 5.02 Å². The Morgan fingerprint density at radius 2 is 1.72 bits per heavy atom. The summed E-state index contributed by atoms with van der Waals surface area (Å²) in [5, 5.41) is 23.8. The lowest BCUT2D eigenvalue weighted by Crippen LogP contribution is -2.44. The molecular formula is C24H15ClN4O8S2. The second-order valence-electron chi connectivity index (χ2n) is 7.64. The van der Waals surface area contributed by atoms with Gasteiger partial charge in [-0.2, -0.15) is 5.01 Å². The first-order chi connectivity index (χ1) is 18.6. The number of thiocarbonyl (C=S) groups is 1. The van der Waals surface area contributed by atoms with Crippen LogP contribution in [0.5, 0.6) is 17.2 Å². The van der Waals surface area contributed by atoms with Crippen LogP contribution in [0, 0.1) is 20.2 Å². The van der Waals surface area contributed by atoms with Crippen LogP contribution in [0.4, 0.5) is 11.4 Å². The Kier molecular flexibility index (Phi) is 8.09. The number of hydrazine groups is 1. The fourth-order valence-electron chi connectivity index (χ4n) is 3.31. The number of hydrogen-bond donors (Lipinski definition) is 1. The van der Waals surface area contributed by atoms with E-state index in [0.717, 1.165) is 35.0 Å². The monoisotopic (exact) mass is 586 g/mol. The molecule has 0 atom stereocenters. The zero-order valence-corrected chi connectivity index (χ0v) is 22.0. The minimum atomic E-state index is -0.795. The van der Waals surface area contributed by atoms with Gasteiger partial charge in [-0.15, -0.1) is 0 Å². The summed E-state index contributed by atoms with van der Waals surface area (Å²) in [7, 11) is 1.35. The van der Waals surface area contributed by atoms with Gasteiger partial charge < -0.3 is 9.47 Å². The molecule has 0 unspecified atom stereocenters. The van der Waals surface area contributed by atoms with Gasteiger partial charge in [0.2, 0.25) is 5.75 Å². The van der Waals surface area contributed by atoms with E-state index in [1.54, 1.807) is 18.2 Å². The predicted molar refractivity (Wildman–Crippen MR) is 147 cm³/mol. The van der Waals surface area contributed by atoms with E-state index >= 15 is 0 Å². The first-order valence-electron chi connectivity index (χ1n) is 10.7. The minimum absolute atomic E-state index is 0.0920. The van der Waals surface area contributed by atoms with Crippen molar-refractivity contribution < 1.29 is 28.9 Å². The third-order valence-corrected chi connectivity index (χ3v) is 6.72. The quantitative estimate of drug-likeness (QED) is 0.155. The number of carbonyl (C=O) groups excluding carboxylic acids is 2. The molecule has 0 saturated carbocycles. The molecule has 1 aliphatic heterocycles. The van der Waals surface area contributed by atoms with Crippen molar-refractivity contribution in [1.82, 2.24) is 10.4 Å². The molecule has 12 nitrogen and oxygen atoms in total. The first kappa shape index (κ1) is 27.5. The molecule has 198 valence electrons. The lowest BCUT2D eigenvalue weighted by atomic mass is 10.2. The van der Waals surface area contributed by atoms with Crippen LogP contribution in [-0.2, 0) is 4.79 Å². The first-order valence-corrected chi connectivity index (χ1v) is 12.3. The van der Waals surface area contributed by atoms with Crippen LogP contribution in [0.3, 0.4) is 0 Å². The van der Waals surface area contributed by atoms with Gasteiger partial charge in [-0.05, 0) is 66.3 Å². The van der Waals surface area contributed by atoms with Gasteiger partial charge in [-0.1, -0.05) is 29.4 Å². The molecule has 4 rings (SSSR count). The Labute approximate surface area is 234 Å². The van der Waals surface area contributed by atoms with Crippen molar-refractivity contribution in [3.63, 3.8) is 0 Å². The summed E-state index contributed by atoms with van der Waals surface area (Å²) in [6, 6.07) is 13.6. The second-order valence-corrected chi connectivity index (χ2v) is 9.76. The highest BCUT2D eigenvalue weighted by Gasteiger charge is 2.34. The average molecular weight is 587 g/mol. The molecule has 3 aromatic carbocycles. The van der Waals surface area contributed by atoms with Crippen molar-refractivity contribution in [3.8, 4) is 17.2 Å². The molecule has 1 aliphatic rings. The maximum absolute atomic E-state index is 12.9. The van der Waals surface area contributed by atoms with Crippen LogP contribution in [0.15, 0.2) is 65.6 Å². The topological polar surface area (TPSA) is 154 Å². The molecule has 0 radical (unpaired) electrons. The summed E-state index contributed by atoms with van der Waals surface area (Å²) in [4.78, 5) is 46.5. The number of methoxy groups -OCH3 is 1. The highest BCUT2D eigenvalue weighted by Crippen LogP contribution is 2.39. The number of rotatable bonds is 8. The molecule has 0 aliphatic carbocycles. The minimum Gasteiger partial charge on any atom is -0.493 e. The lowest BCUT2D eigenvalue weighted by molar-refractivity contribution is -0.394. The number of hydrogen-bond acceptors (Lipinski definition) is 10. The van der Waals surface area contributed by atoms with Crippen LogP contribution in [-0.4, -0.2) is 38.1 Å². The second kappa shape index (κ2) is 11.5. The van der Waals surface area contributed by atoms with Crippen molar-refractivity contribution in [2.75, 3.05) is 7.11 Å². The van der Waals surface area contributed by atoms with Gasteiger partial charge in [0.1, 0.15) is 0 Å². The van der Waals surface area contributed by atoms with Crippen molar-refractivity contribution in [2.45, 2.75) is 0 Å². The van der Waals surface area contributed by atoms with Crippen molar-refractivity contribution in [1.29, 1.82) is 0 Å². The molecule has 39 heavy (non-hydrogen) atoms. The van der Waals surface area contributed by atoms with Crippen LogP contribution in [0.1, 0.15) is 15.9 Å². The molecule has 0 aromatic heterocycles. The number of halogens is 1. The summed E-state index contributed by atoms with van der Waals surface area (Å²) < 4.78 is 11.1. The number of benzene rings is 3. The molecule has 15 heteroatoms. The zero-order valence-electron chi connectivity index (χ0n) is 19.7. The maximum atomic E-state index is 12.9. The number of nitrogens with one attached hydrogen (secondary N) is 1. The number of nitro benzene ring substituents is 2. The Hall–Kier alpha value is -4.53. The fourth-order valence-corrected chi connectivity index (χ4v) is 4.61. The smallest absolute Gasteiger partial charge is 0.318 e. The normalized spacial score (nSPS) is 13.9. The number of nitro groups is 2. The number of thioether (sulfide) groups is 1. The van der Waals surface area contributed by atoms with E-state index < -0.39 is 33.0 Å². The third-order valence-electron chi connectivity index (χ3n) is 5.17. The standard InChI is InChI=1S/C24H15ClN4O8S2/c1-36-20-10-13(2-8-19(20)37-18-9-7-16(28(32)33)12-17(18)29(34)35)11-21-23(31)27(24(38)39-21)26-22(30)14-3-5-15(25)6-4-14/h2-12H,1H3,(H,26,30)/b21-11+. The van der Waals surface area contributed by atoms with E-state index in [9.17, 15) is 29.8 Å². The summed E-state index contributed by atoms with van der Waals surface area (Å²) in [6.45, 7) is 0. The number of nitrogens with zero attached hydrogens (tertiary/aromatic N) is 3. The fraction of sp³-hybridized carbons (Fsp3) is 0.0417. The molecule has 2 amide bonds. The van der Waals surface area contributed by atoms with Crippen molar-refractivity contribution in [3.05, 3.63) is 102 Å². The van der Waals surface area contributed by atoms with E-state index in [1.807, 2.05) is 0 Å². The van der Waals surface area contributed by atoms with Gasteiger partial charge in [-0.3, -0.25) is 35.2 Å². The van der Waals surface area contributed by atoms with E-state index in [4.69, 9.17) is 33.3 Å². The van der Waals surface area contributed by atoms with Gasteiger partial charge >= 0.3 is 5.69 Å². The average Bonchev–Trinajstić information content (AvgIpc) is 3.16. The third kappa shape index (κ3) is 6.14. The van der Waals surface area contributed by atoms with Crippen LogP contribution < -0.4 is 14.9 Å². The number of non-ortho nitro benzene ring substituents is 1. The SMILES string of the molecule is COc1cc(/C=C2/SC(=S)N(NC(=O)c3ccc(Cl)cc3)C2=O)ccc1Oc1ccc([N+](=O)[O-])cc1[N+](=O)[O-]. The Morgan fingerprint density at radius 3 is 2.36 bits per heavy atom. The number of ether oxygens (including phenoxy) is 2. The van der Waals surface area contributed by atoms with Gasteiger partial charge in [0, 0.05) is 16.7 Å². The molecule has 1 saturated heterocycles. The van der Waals surface area contributed by atoms with Crippen LogP contribution >= 0.6 is 35.6 Å². The largest absolute Gasteiger partial charge is 0.493 e. The molecule has 0 bridgehead atoms. The Bertz CT molecular complexity index is 1560. The van der Waals surface area contributed by atoms with Crippen molar-refractivity contribution in [2.24, 2.45) is 0 Å². The predicted octanol–water partition coefficient (Wildman–Crippen LogP) is 5.50. The van der Waals surface area contributed by atoms with E-state index in [-0.39, 0.29) is 32.0 Å². The highest BCUT2D eigenvalue weighted by molar-refractivity contribution is 8.26. The van der Waals surface area contributed by atoms with Gasteiger partial charge in [0.15, 0.2) is 15.8 Å². The van der Waals surface area contributed by atoms with E-state index in [2.05, 4.69) is 5.43 Å². The molecule has 1 fully saturated rings. The molecule has 1 heterocycles. The zero-order chi connectivity index (χ0) is 28.3. The molecule has 3 aromatic rings. The maximum Gasteiger partial charge on any atom is 0.318 e. The van der Waals surface area contributed by atoms with Crippen molar-refractivity contribution >= 4 is 69.2 Å². The molecular weight excluding hydrogens is 572 g/mol.